The van der Waals surface area contributed by atoms with Crippen LogP contribution in [-0.2, 0) is 0 Å². The highest BCUT2D eigenvalue weighted by Gasteiger charge is 2.22. The van der Waals surface area contributed by atoms with Gasteiger partial charge in [-0.05, 0) is 69.2 Å². The Morgan fingerprint density at radius 1 is 0.643 bits per heavy atom. The lowest BCUT2D eigenvalue weighted by Gasteiger charge is -2.21. The summed E-state index contributed by atoms with van der Waals surface area (Å²) >= 11 is 0. The van der Waals surface area contributed by atoms with E-state index in [0.29, 0.717) is 11.3 Å². The Kier molecular flexibility index (Phi) is 6.59. The Morgan fingerprint density at radius 3 is 1.18 bits per heavy atom. The van der Waals surface area contributed by atoms with E-state index in [1.165, 1.54) is 0 Å². The monoisotopic (exact) mass is 382 g/mol. The van der Waals surface area contributed by atoms with Crippen molar-refractivity contribution < 1.29 is 15.0 Å². The van der Waals surface area contributed by atoms with Gasteiger partial charge in [-0.25, -0.2) is 4.79 Å². The molecule has 0 bridgehead atoms. The van der Waals surface area contributed by atoms with Gasteiger partial charge in [0.25, 0.3) is 0 Å². The van der Waals surface area contributed by atoms with Crippen molar-refractivity contribution in [1.82, 2.24) is 0 Å². The maximum Gasteiger partial charge on any atom is 0.336 e. The van der Waals surface area contributed by atoms with E-state index in [2.05, 4.69) is 39.8 Å². The summed E-state index contributed by atoms with van der Waals surface area (Å²) < 4.78 is 0. The van der Waals surface area contributed by atoms with Crippen LogP contribution in [0.25, 0.3) is 11.1 Å². The first-order chi connectivity index (χ1) is 13.0. The molecular weight excluding hydrogens is 348 g/mol. The number of aromatic carboxylic acids is 1. The van der Waals surface area contributed by atoms with Gasteiger partial charge in [0.2, 0.25) is 0 Å². The molecule has 3 nitrogen and oxygen atoms in total. The highest BCUT2D eigenvalue weighted by atomic mass is 16.4. The number of phenols is 1. The minimum Gasteiger partial charge on any atom is -0.507 e. The predicted octanol–water partition coefficient (Wildman–Crippen LogP) is 7.25. The van der Waals surface area contributed by atoms with Crippen LogP contribution in [0.3, 0.4) is 0 Å². The Labute approximate surface area is 169 Å². The molecule has 0 aromatic heterocycles. The second kappa shape index (κ2) is 8.38. The lowest BCUT2D eigenvalue weighted by atomic mass is 9.83. The van der Waals surface area contributed by atoms with Gasteiger partial charge < -0.3 is 10.2 Å². The van der Waals surface area contributed by atoms with E-state index in [1.807, 2.05) is 39.8 Å². The molecule has 0 saturated heterocycles. The number of rotatable bonds is 6. The summed E-state index contributed by atoms with van der Waals surface area (Å²) in [7, 11) is 0. The third-order valence-electron chi connectivity index (χ3n) is 5.40. The SMILES string of the molecule is CC(C)c1cc(-c2cc(C(C)C)c(C(=O)O)c(C(C)C)c2)cc(C(C)C)c1O. The van der Waals surface area contributed by atoms with Gasteiger partial charge in [0.1, 0.15) is 5.75 Å². The van der Waals surface area contributed by atoms with Crippen LogP contribution in [-0.4, -0.2) is 16.2 Å². The Bertz CT molecular complexity index is 815. The van der Waals surface area contributed by atoms with E-state index in [1.54, 1.807) is 0 Å². The summed E-state index contributed by atoms with van der Waals surface area (Å²) in [6, 6.07) is 8.13. The fourth-order valence-electron chi connectivity index (χ4n) is 3.74. The lowest BCUT2D eigenvalue weighted by molar-refractivity contribution is 0.0693. The number of hydrogen-bond donors (Lipinski definition) is 2. The molecule has 0 fully saturated rings. The maximum atomic E-state index is 12.0. The summed E-state index contributed by atoms with van der Waals surface area (Å²) in [5, 5.41) is 20.6. The van der Waals surface area contributed by atoms with E-state index in [0.717, 1.165) is 33.4 Å². The van der Waals surface area contributed by atoms with Crippen molar-refractivity contribution in [3.05, 3.63) is 52.1 Å². The van der Waals surface area contributed by atoms with Crippen molar-refractivity contribution in [2.24, 2.45) is 0 Å². The number of carboxylic acid groups (broad SMARTS) is 1. The van der Waals surface area contributed by atoms with E-state index >= 15 is 0 Å². The average Bonchev–Trinajstić information content (AvgIpc) is 2.59. The summed E-state index contributed by atoms with van der Waals surface area (Å²) in [6.07, 6.45) is 0. The van der Waals surface area contributed by atoms with E-state index in [9.17, 15) is 15.0 Å². The molecule has 0 spiro atoms. The average molecular weight is 383 g/mol. The van der Waals surface area contributed by atoms with Gasteiger partial charge in [-0.15, -0.1) is 0 Å². The van der Waals surface area contributed by atoms with E-state index < -0.39 is 5.97 Å². The highest BCUT2D eigenvalue weighted by molar-refractivity contribution is 5.93. The molecule has 0 aliphatic heterocycles. The first kappa shape index (κ1) is 22.0. The van der Waals surface area contributed by atoms with Crippen molar-refractivity contribution in [2.45, 2.75) is 79.1 Å². The maximum absolute atomic E-state index is 12.0. The van der Waals surface area contributed by atoms with E-state index in [-0.39, 0.29) is 23.7 Å². The summed E-state index contributed by atoms with van der Waals surface area (Å²) in [6.45, 7) is 16.4. The summed E-state index contributed by atoms with van der Waals surface area (Å²) in [5.74, 6) is 0.124. The number of carbonyl (C=O) groups is 1. The number of aromatic hydroxyl groups is 1. The Hall–Kier alpha value is -2.29. The molecular formula is C25H34O3. The van der Waals surface area contributed by atoms with Crippen LogP contribution in [0.1, 0.15) is 112 Å². The first-order valence-corrected chi connectivity index (χ1v) is 10.2. The van der Waals surface area contributed by atoms with Crippen LogP contribution in [0.2, 0.25) is 0 Å². The topological polar surface area (TPSA) is 57.5 Å². The smallest absolute Gasteiger partial charge is 0.336 e. The van der Waals surface area contributed by atoms with Gasteiger partial charge in [0, 0.05) is 0 Å². The third-order valence-corrected chi connectivity index (χ3v) is 5.40. The molecule has 0 radical (unpaired) electrons. The fourth-order valence-corrected chi connectivity index (χ4v) is 3.74. The van der Waals surface area contributed by atoms with Gasteiger partial charge >= 0.3 is 5.97 Å². The number of hydrogen-bond acceptors (Lipinski definition) is 2. The fraction of sp³-hybridized carbons (Fsp3) is 0.480. The van der Waals surface area contributed by atoms with Crippen molar-refractivity contribution in [3.63, 3.8) is 0 Å². The number of phenolic OH excluding ortho intramolecular Hbond substituents is 1. The van der Waals surface area contributed by atoms with Crippen molar-refractivity contribution >= 4 is 5.97 Å². The number of carboxylic acids is 1. The van der Waals surface area contributed by atoms with Crippen LogP contribution >= 0.6 is 0 Å². The zero-order valence-electron chi connectivity index (χ0n) is 18.4. The first-order valence-electron chi connectivity index (χ1n) is 10.2. The van der Waals surface area contributed by atoms with Crippen molar-refractivity contribution in [1.29, 1.82) is 0 Å². The van der Waals surface area contributed by atoms with Gasteiger partial charge in [-0.1, -0.05) is 67.5 Å². The van der Waals surface area contributed by atoms with Crippen LogP contribution in [0.15, 0.2) is 24.3 Å². The van der Waals surface area contributed by atoms with Gasteiger partial charge in [-0.2, -0.15) is 0 Å². The lowest BCUT2D eigenvalue weighted by Crippen LogP contribution is -2.10. The van der Waals surface area contributed by atoms with Crippen LogP contribution in [0, 0.1) is 0 Å². The molecule has 0 heterocycles. The summed E-state index contributed by atoms with van der Waals surface area (Å²) in [4.78, 5) is 12.0. The molecule has 0 saturated carbocycles. The predicted molar refractivity (Wildman–Crippen MR) is 117 cm³/mol. The molecule has 0 atom stereocenters. The van der Waals surface area contributed by atoms with E-state index in [4.69, 9.17) is 0 Å². The highest BCUT2D eigenvalue weighted by Crippen LogP contribution is 2.40. The molecule has 0 amide bonds. The molecule has 28 heavy (non-hydrogen) atoms. The minimum atomic E-state index is -0.865. The zero-order chi connectivity index (χ0) is 21.3. The van der Waals surface area contributed by atoms with Gasteiger partial charge in [0.05, 0.1) is 5.56 Å². The van der Waals surface area contributed by atoms with Crippen LogP contribution in [0.4, 0.5) is 0 Å². The Morgan fingerprint density at radius 2 is 0.929 bits per heavy atom. The van der Waals surface area contributed by atoms with Gasteiger partial charge in [-0.3, -0.25) is 0 Å². The normalized spacial score (nSPS) is 11.9. The molecule has 3 heteroatoms. The standard InChI is InChI=1S/C25H34O3/c1-13(2)19-9-17(10-20(14(3)4)23(19)25(27)28)18-11-21(15(5)6)24(26)22(12-18)16(7)8/h9-16,26H,1-8H3,(H,27,28). The summed E-state index contributed by atoms with van der Waals surface area (Å²) in [5.41, 5.74) is 6.06. The second-order valence-corrected chi connectivity index (χ2v) is 8.96. The third kappa shape index (κ3) is 4.24. The van der Waals surface area contributed by atoms with Crippen LogP contribution < -0.4 is 0 Å². The van der Waals surface area contributed by atoms with Crippen molar-refractivity contribution in [3.8, 4) is 16.9 Å². The molecule has 0 aliphatic rings. The molecule has 2 aromatic carbocycles. The number of benzene rings is 2. The minimum absolute atomic E-state index is 0.106. The van der Waals surface area contributed by atoms with Crippen LogP contribution in [0.5, 0.6) is 5.75 Å². The molecule has 2 rings (SSSR count). The molecule has 152 valence electrons. The zero-order valence-corrected chi connectivity index (χ0v) is 18.4. The molecule has 2 aromatic rings. The Balaban J connectivity index is 2.86. The molecule has 0 unspecified atom stereocenters. The quantitative estimate of drug-likeness (QED) is 0.553. The second-order valence-electron chi connectivity index (χ2n) is 8.96. The van der Waals surface area contributed by atoms with Gasteiger partial charge in [0.15, 0.2) is 0 Å². The largest absolute Gasteiger partial charge is 0.507 e. The molecule has 2 N–H and O–H groups in total. The molecule has 0 aliphatic carbocycles. The van der Waals surface area contributed by atoms with Crippen molar-refractivity contribution in [2.75, 3.05) is 0 Å².